The fourth-order valence-corrected chi connectivity index (χ4v) is 2.68. The van der Waals surface area contributed by atoms with Gasteiger partial charge < -0.3 is 18.9 Å². The van der Waals surface area contributed by atoms with Crippen LogP contribution in [0.5, 0.6) is 23.0 Å². The smallest absolute Gasteiger partial charge is 0.323 e. The maximum atomic E-state index is 12.3. The molecule has 30 heavy (non-hydrogen) atoms. The number of nitrogens with zero attached hydrogens (tertiary/aromatic N) is 2. The normalized spacial score (nSPS) is 14.8. The Balaban J connectivity index is 1.75. The first-order chi connectivity index (χ1) is 14.4. The Kier molecular flexibility index (Phi) is 6.11. The summed E-state index contributed by atoms with van der Waals surface area (Å²) in [7, 11) is 1.20. The molecule has 0 aromatic heterocycles. The maximum Gasteiger partial charge on any atom is 0.323 e. The van der Waals surface area contributed by atoms with Gasteiger partial charge in [-0.15, -0.1) is 0 Å². The van der Waals surface area contributed by atoms with Gasteiger partial charge in [-0.25, -0.2) is 5.43 Å². The number of fused-ring (bicyclic) bond motifs is 1. The third-order valence-electron chi connectivity index (χ3n) is 3.95. The van der Waals surface area contributed by atoms with Crippen molar-refractivity contribution in [2.75, 3.05) is 13.7 Å². The lowest BCUT2D eigenvalue weighted by atomic mass is 10.1. The van der Waals surface area contributed by atoms with Crippen LogP contribution in [-0.2, 0) is 9.59 Å². The summed E-state index contributed by atoms with van der Waals surface area (Å²) in [6, 6.07) is 9.54. The summed E-state index contributed by atoms with van der Waals surface area (Å²) < 4.78 is 21.0. The monoisotopic (exact) mass is 415 g/mol. The summed E-state index contributed by atoms with van der Waals surface area (Å²) in [6.07, 6.45) is 0.140. The van der Waals surface area contributed by atoms with E-state index in [1.54, 1.807) is 24.3 Å². The first-order valence-corrected chi connectivity index (χ1v) is 8.66. The zero-order valence-electron chi connectivity index (χ0n) is 16.0. The molecule has 2 aromatic rings. The van der Waals surface area contributed by atoms with Crippen LogP contribution in [0.1, 0.15) is 12.5 Å². The minimum absolute atomic E-state index is 0.0105. The van der Waals surface area contributed by atoms with E-state index >= 15 is 0 Å². The first-order valence-electron chi connectivity index (χ1n) is 8.66. The predicted octanol–water partition coefficient (Wildman–Crippen LogP) is 1.82. The van der Waals surface area contributed by atoms with Crippen molar-refractivity contribution in [1.29, 1.82) is 0 Å². The van der Waals surface area contributed by atoms with Gasteiger partial charge in [0.25, 0.3) is 5.91 Å². The Hall–Kier alpha value is -4.15. The Labute approximate surface area is 170 Å². The van der Waals surface area contributed by atoms with Gasteiger partial charge in [-0.1, -0.05) is 12.1 Å². The van der Waals surface area contributed by atoms with E-state index in [0.29, 0.717) is 11.5 Å². The SMILES string of the molecule is COc1c(OC(C)=O)ccc(/C=N\NC(=O)[C@H]2COc3ccccc3O2)c1[N+](=O)[O-]. The Bertz CT molecular complexity index is 1020. The summed E-state index contributed by atoms with van der Waals surface area (Å²) in [4.78, 5) is 34.2. The Morgan fingerprint density at radius 2 is 2.00 bits per heavy atom. The van der Waals surface area contributed by atoms with Crippen LogP contribution in [0.15, 0.2) is 41.5 Å². The average Bonchev–Trinajstić information content (AvgIpc) is 2.73. The van der Waals surface area contributed by atoms with Crippen LogP contribution in [0.3, 0.4) is 0 Å². The zero-order chi connectivity index (χ0) is 21.7. The molecule has 1 aliphatic rings. The lowest BCUT2D eigenvalue weighted by Gasteiger charge is -2.24. The van der Waals surface area contributed by atoms with E-state index in [-0.39, 0.29) is 23.7 Å². The molecule has 156 valence electrons. The van der Waals surface area contributed by atoms with Crippen molar-refractivity contribution >= 4 is 23.8 Å². The molecule has 1 heterocycles. The Morgan fingerprint density at radius 3 is 2.67 bits per heavy atom. The number of carbonyl (C=O) groups excluding carboxylic acids is 2. The molecule has 1 aliphatic heterocycles. The van der Waals surface area contributed by atoms with E-state index in [2.05, 4.69) is 10.5 Å². The van der Waals surface area contributed by atoms with Gasteiger partial charge in [0, 0.05) is 6.92 Å². The standard InChI is InChI=1S/C19H17N3O8/c1-11(23)29-15-8-7-12(17(22(25)26)18(15)27-2)9-20-21-19(24)16-10-28-13-5-3-4-6-14(13)30-16/h3-9,16H,10H2,1-2H3,(H,21,24)/b20-9-/t16-/m1/s1. The number of hydrogen-bond acceptors (Lipinski definition) is 9. The number of esters is 1. The van der Waals surface area contributed by atoms with E-state index in [4.69, 9.17) is 18.9 Å². The second kappa shape index (κ2) is 8.90. The number of carbonyl (C=O) groups is 2. The third kappa shape index (κ3) is 4.46. The summed E-state index contributed by atoms with van der Waals surface area (Å²) in [5.74, 6) is -0.648. The highest BCUT2D eigenvalue weighted by Crippen LogP contribution is 2.39. The molecular formula is C19H17N3O8. The minimum Gasteiger partial charge on any atom is -0.488 e. The van der Waals surface area contributed by atoms with E-state index in [1.807, 2.05) is 0 Å². The molecule has 2 aromatic carbocycles. The van der Waals surface area contributed by atoms with E-state index < -0.39 is 28.6 Å². The van der Waals surface area contributed by atoms with Crippen LogP contribution in [0, 0.1) is 10.1 Å². The van der Waals surface area contributed by atoms with Crippen LogP contribution >= 0.6 is 0 Å². The fraction of sp³-hybridized carbons (Fsp3) is 0.211. The topological polar surface area (TPSA) is 139 Å². The maximum absolute atomic E-state index is 12.3. The lowest BCUT2D eigenvalue weighted by molar-refractivity contribution is -0.385. The lowest BCUT2D eigenvalue weighted by Crippen LogP contribution is -2.42. The molecule has 0 unspecified atom stereocenters. The van der Waals surface area contributed by atoms with Crippen LogP contribution in [0.25, 0.3) is 0 Å². The van der Waals surface area contributed by atoms with Crippen molar-refractivity contribution in [3.8, 4) is 23.0 Å². The molecule has 3 rings (SSSR count). The predicted molar refractivity (Wildman–Crippen MR) is 103 cm³/mol. The van der Waals surface area contributed by atoms with Crippen LogP contribution in [0.4, 0.5) is 5.69 Å². The molecule has 0 spiro atoms. The van der Waals surface area contributed by atoms with Gasteiger partial charge in [-0.3, -0.25) is 19.7 Å². The highest BCUT2D eigenvalue weighted by Gasteiger charge is 2.28. The van der Waals surface area contributed by atoms with Crippen molar-refractivity contribution < 1.29 is 33.5 Å². The van der Waals surface area contributed by atoms with Gasteiger partial charge in [0.15, 0.2) is 17.2 Å². The van der Waals surface area contributed by atoms with Gasteiger partial charge in [0.1, 0.15) is 6.61 Å². The number of rotatable bonds is 6. The molecule has 0 aliphatic carbocycles. The molecule has 1 atom stereocenters. The number of amides is 1. The van der Waals surface area contributed by atoms with Gasteiger partial charge in [0.05, 0.1) is 23.8 Å². The van der Waals surface area contributed by atoms with Gasteiger partial charge >= 0.3 is 11.7 Å². The quantitative estimate of drug-likeness (QED) is 0.248. The van der Waals surface area contributed by atoms with Crippen LogP contribution < -0.4 is 24.4 Å². The van der Waals surface area contributed by atoms with E-state index in [0.717, 1.165) is 13.1 Å². The number of ether oxygens (including phenoxy) is 4. The number of benzene rings is 2. The van der Waals surface area contributed by atoms with Crippen LogP contribution in [0.2, 0.25) is 0 Å². The number of hydrogen-bond donors (Lipinski definition) is 1. The molecule has 0 saturated heterocycles. The van der Waals surface area contributed by atoms with E-state index in [1.165, 1.54) is 19.2 Å². The molecule has 11 nitrogen and oxygen atoms in total. The Morgan fingerprint density at radius 1 is 1.27 bits per heavy atom. The molecule has 0 radical (unpaired) electrons. The van der Waals surface area contributed by atoms with Crippen LogP contribution in [-0.4, -0.2) is 42.8 Å². The molecule has 1 amide bonds. The number of nitro benzene ring substituents is 1. The first kappa shape index (κ1) is 20.6. The highest BCUT2D eigenvalue weighted by atomic mass is 16.6. The van der Waals surface area contributed by atoms with Crippen molar-refractivity contribution in [2.45, 2.75) is 13.0 Å². The van der Waals surface area contributed by atoms with Gasteiger partial charge in [0.2, 0.25) is 11.9 Å². The largest absolute Gasteiger partial charge is 0.488 e. The zero-order valence-corrected chi connectivity index (χ0v) is 16.0. The second-order valence-electron chi connectivity index (χ2n) is 5.98. The molecule has 0 saturated carbocycles. The van der Waals surface area contributed by atoms with Crippen molar-refractivity contribution in [3.63, 3.8) is 0 Å². The van der Waals surface area contributed by atoms with Gasteiger partial charge in [-0.2, -0.15) is 5.10 Å². The molecule has 1 N–H and O–H groups in total. The summed E-state index contributed by atoms with van der Waals surface area (Å²) >= 11 is 0. The van der Waals surface area contributed by atoms with Crippen molar-refractivity contribution in [2.24, 2.45) is 5.10 Å². The number of methoxy groups -OCH3 is 1. The summed E-state index contributed by atoms with van der Waals surface area (Å²) in [6.45, 7) is 1.15. The highest BCUT2D eigenvalue weighted by molar-refractivity contribution is 5.90. The van der Waals surface area contributed by atoms with Crippen molar-refractivity contribution in [3.05, 3.63) is 52.1 Å². The summed E-state index contributed by atoms with van der Waals surface area (Å²) in [5.41, 5.74) is 1.81. The van der Waals surface area contributed by atoms with Gasteiger partial charge in [-0.05, 0) is 24.3 Å². The van der Waals surface area contributed by atoms with E-state index in [9.17, 15) is 19.7 Å². The fourth-order valence-electron chi connectivity index (χ4n) is 2.68. The second-order valence-corrected chi connectivity index (χ2v) is 5.98. The minimum atomic E-state index is -0.937. The number of nitro groups is 1. The number of para-hydroxylation sites is 2. The average molecular weight is 415 g/mol. The molecule has 11 heteroatoms. The molecular weight excluding hydrogens is 398 g/mol. The summed E-state index contributed by atoms with van der Waals surface area (Å²) in [5, 5.41) is 15.3. The molecule has 0 bridgehead atoms. The number of nitrogens with one attached hydrogen (secondary N) is 1. The molecule has 0 fully saturated rings. The third-order valence-corrected chi connectivity index (χ3v) is 3.95. The number of hydrazone groups is 1. The van der Waals surface area contributed by atoms with Crippen molar-refractivity contribution in [1.82, 2.24) is 5.43 Å².